The Morgan fingerprint density at radius 3 is 2.26 bits per heavy atom. The Kier molecular flexibility index (Phi) is 9.38. The second-order valence-corrected chi connectivity index (χ2v) is 5.73. The smallest absolute Gasteiger partial charge is 0.0422 e. The molecule has 0 unspecified atom stereocenters. The van der Waals surface area contributed by atoms with Gasteiger partial charge in [0.1, 0.15) is 0 Å². The second kappa shape index (κ2) is 9.89. The van der Waals surface area contributed by atoms with Crippen LogP contribution in [-0.2, 0) is 0 Å². The molecule has 0 aliphatic carbocycles. The van der Waals surface area contributed by atoms with Crippen LogP contribution in [0.2, 0.25) is 0 Å². The molecule has 1 nitrogen and oxygen atoms in total. The molecule has 0 amide bonds. The van der Waals surface area contributed by atoms with E-state index in [0.717, 1.165) is 19.0 Å². The average molecular weight is 263 g/mol. The van der Waals surface area contributed by atoms with Crippen LogP contribution in [0.25, 0.3) is 0 Å². The van der Waals surface area contributed by atoms with Gasteiger partial charge in [0.15, 0.2) is 0 Å². The van der Waals surface area contributed by atoms with E-state index < -0.39 is 0 Å². The van der Waals surface area contributed by atoms with Gasteiger partial charge in [0.05, 0.1) is 0 Å². The fourth-order valence-corrected chi connectivity index (χ4v) is 2.34. The molecule has 0 aromatic heterocycles. The van der Waals surface area contributed by atoms with Crippen molar-refractivity contribution in [1.82, 2.24) is 4.90 Å². The number of hydrogen-bond acceptors (Lipinski definition) is 1. The highest BCUT2D eigenvalue weighted by Gasteiger charge is 2.12. The van der Waals surface area contributed by atoms with Crippen LogP contribution in [0.1, 0.15) is 60.8 Å². The first-order valence-corrected chi connectivity index (χ1v) is 7.69. The molecule has 19 heavy (non-hydrogen) atoms. The molecule has 0 rings (SSSR count). The quantitative estimate of drug-likeness (QED) is 0.492. The standard InChI is InChI=1S/C18H33N/c1-8-13-19(14-11-12-15(4)5)18(16(6)9-2)17(7)10-3/h9-10,15H,2,8,11-14H2,1,3-7H3/b17-10-,18-16+. The number of nitrogens with zero attached hydrogens (tertiary/aromatic N) is 1. The molecule has 0 saturated heterocycles. The third-order valence-corrected chi connectivity index (χ3v) is 3.51. The summed E-state index contributed by atoms with van der Waals surface area (Å²) < 4.78 is 0. The normalized spacial score (nSPS) is 13.5. The molecule has 0 bridgehead atoms. The van der Waals surface area contributed by atoms with Crippen LogP contribution in [0, 0.1) is 5.92 Å². The molecule has 0 aromatic rings. The lowest BCUT2D eigenvalue weighted by molar-refractivity contribution is 0.329. The van der Waals surface area contributed by atoms with Gasteiger partial charge in [-0.1, -0.05) is 39.5 Å². The van der Waals surface area contributed by atoms with E-state index in [1.54, 1.807) is 0 Å². The van der Waals surface area contributed by atoms with Gasteiger partial charge < -0.3 is 4.90 Å². The van der Waals surface area contributed by atoms with Gasteiger partial charge in [-0.25, -0.2) is 0 Å². The summed E-state index contributed by atoms with van der Waals surface area (Å²) in [7, 11) is 0. The molecule has 110 valence electrons. The van der Waals surface area contributed by atoms with Crippen LogP contribution < -0.4 is 0 Å². The molecule has 0 aliphatic rings. The van der Waals surface area contributed by atoms with E-state index in [1.165, 1.54) is 36.1 Å². The molecular weight excluding hydrogens is 230 g/mol. The molecule has 0 heterocycles. The fourth-order valence-electron chi connectivity index (χ4n) is 2.34. The molecule has 0 atom stereocenters. The maximum absolute atomic E-state index is 3.94. The first-order valence-electron chi connectivity index (χ1n) is 7.69. The van der Waals surface area contributed by atoms with E-state index in [-0.39, 0.29) is 0 Å². The third-order valence-electron chi connectivity index (χ3n) is 3.51. The van der Waals surface area contributed by atoms with E-state index in [9.17, 15) is 0 Å². The average Bonchev–Trinajstić information content (AvgIpc) is 2.37. The third kappa shape index (κ3) is 6.66. The molecule has 0 fully saturated rings. The van der Waals surface area contributed by atoms with Gasteiger partial charge in [-0.2, -0.15) is 0 Å². The SMILES string of the molecule is C=C/C(C)=C(\C(C)=C/C)N(CCC)CCCC(C)C. The van der Waals surface area contributed by atoms with Gasteiger partial charge in [-0.3, -0.25) is 0 Å². The maximum Gasteiger partial charge on any atom is 0.0422 e. The van der Waals surface area contributed by atoms with Crippen molar-refractivity contribution in [2.45, 2.75) is 60.8 Å². The summed E-state index contributed by atoms with van der Waals surface area (Å²) in [5, 5.41) is 0. The van der Waals surface area contributed by atoms with E-state index in [1.807, 2.05) is 6.08 Å². The van der Waals surface area contributed by atoms with Crippen LogP contribution in [-0.4, -0.2) is 18.0 Å². The Morgan fingerprint density at radius 1 is 1.21 bits per heavy atom. The van der Waals surface area contributed by atoms with Crippen molar-refractivity contribution < 1.29 is 0 Å². The van der Waals surface area contributed by atoms with Crippen LogP contribution >= 0.6 is 0 Å². The number of hydrogen-bond donors (Lipinski definition) is 0. The first kappa shape index (κ1) is 18.0. The molecule has 0 radical (unpaired) electrons. The van der Waals surface area contributed by atoms with Gasteiger partial charge >= 0.3 is 0 Å². The Balaban J connectivity index is 5.02. The van der Waals surface area contributed by atoms with Crippen LogP contribution in [0.15, 0.2) is 35.6 Å². The summed E-state index contributed by atoms with van der Waals surface area (Å²) in [6.45, 7) is 19.5. The predicted molar refractivity (Wildman–Crippen MR) is 88.3 cm³/mol. The van der Waals surface area contributed by atoms with Gasteiger partial charge in [-0.15, -0.1) is 0 Å². The van der Waals surface area contributed by atoms with Crippen LogP contribution in [0.4, 0.5) is 0 Å². The first-order chi connectivity index (χ1) is 8.97. The van der Waals surface area contributed by atoms with Crippen molar-refractivity contribution in [3.05, 3.63) is 35.6 Å². The summed E-state index contributed by atoms with van der Waals surface area (Å²) in [6, 6.07) is 0. The van der Waals surface area contributed by atoms with Crippen molar-refractivity contribution >= 4 is 0 Å². The van der Waals surface area contributed by atoms with E-state index >= 15 is 0 Å². The summed E-state index contributed by atoms with van der Waals surface area (Å²) in [5.74, 6) is 0.791. The van der Waals surface area contributed by atoms with Gasteiger partial charge in [-0.05, 0) is 57.1 Å². The van der Waals surface area contributed by atoms with Crippen molar-refractivity contribution in [3.63, 3.8) is 0 Å². The fraction of sp³-hybridized carbons (Fsp3) is 0.667. The maximum atomic E-state index is 3.94. The molecule has 0 saturated carbocycles. The number of allylic oxidation sites excluding steroid dienone is 4. The van der Waals surface area contributed by atoms with Crippen LogP contribution in [0.5, 0.6) is 0 Å². The minimum atomic E-state index is 0.791. The zero-order valence-corrected chi connectivity index (χ0v) is 13.9. The predicted octanol–water partition coefficient (Wildman–Crippen LogP) is 5.56. The summed E-state index contributed by atoms with van der Waals surface area (Å²) in [4.78, 5) is 2.54. The number of rotatable bonds is 9. The Morgan fingerprint density at radius 2 is 1.84 bits per heavy atom. The van der Waals surface area contributed by atoms with Gasteiger partial charge in [0.25, 0.3) is 0 Å². The summed E-state index contributed by atoms with van der Waals surface area (Å²) >= 11 is 0. The molecule has 1 heteroatoms. The largest absolute Gasteiger partial charge is 0.371 e. The van der Waals surface area contributed by atoms with Crippen molar-refractivity contribution in [3.8, 4) is 0 Å². The lowest BCUT2D eigenvalue weighted by atomic mass is 10.0. The van der Waals surface area contributed by atoms with Gasteiger partial charge in [0.2, 0.25) is 0 Å². The highest BCUT2D eigenvalue weighted by atomic mass is 15.1. The van der Waals surface area contributed by atoms with E-state index in [0.29, 0.717) is 0 Å². The molecular formula is C18H33N. The van der Waals surface area contributed by atoms with Crippen molar-refractivity contribution in [2.24, 2.45) is 5.92 Å². The van der Waals surface area contributed by atoms with Crippen molar-refractivity contribution in [2.75, 3.05) is 13.1 Å². The zero-order chi connectivity index (χ0) is 14.8. The topological polar surface area (TPSA) is 3.24 Å². The monoisotopic (exact) mass is 263 g/mol. The Labute approximate surface area is 121 Å². The highest BCUT2D eigenvalue weighted by molar-refractivity contribution is 5.36. The molecule has 0 aliphatic heterocycles. The highest BCUT2D eigenvalue weighted by Crippen LogP contribution is 2.21. The Bertz CT molecular complexity index is 321. The zero-order valence-electron chi connectivity index (χ0n) is 13.9. The molecule has 0 N–H and O–H groups in total. The lowest BCUT2D eigenvalue weighted by Gasteiger charge is -2.29. The Hall–Kier alpha value is -0.980. The minimum absolute atomic E-state index is 0.791. The molecule has 0 spiro atoms. The van der Waals surface area contributed by atoms with E-state index in [4.69, 9.17) is 0 Å². The second-order valence-electron chi connectivity index (χ2n) is 5.73. The van der Waals surface area contributed by atoms with Gasteiger partial charge in [0, 0.05) is 18.8 Å². The summed E-state index contributed by atoms with van der Waals surface area (Å²) in [5.41, 5.74) is 4.02. The van der Waals surface area contributed by atoms with E-state index in [2.05, 4.69) is 59.1 Å². The minimum Gasteiger partial charge on any atom is -0.371 e. The van der Waals surface area contributed by atoms with Crippen LogP contribution in [0.3, 0.4) is 0 Å². The van der Waals surface area contributed by atoms with Crippen molar-refractivity contribution in [1.29, 1.82) is 0 Å². The summed E-state index contributed by atoms with van der Waals surface area (Å²) in [6.07, 6.45) is 7.94. The lowest BCUT2D eigenvalue weighted by Crippen LogP contribution is -2.27. The molecule has 0 aromatic carbocycles.